The van der Waals surface area contributed by atoms with Gasteiger partial charge in [0.25, 0.3) is 11.8 Å². The van der Waals surface area contributed by atoms with E-state index in [9.17, 15) is 19.2 Å². The monoisotopic (exact) mass is 656 g/mol. The van der Waals surface area contributed by atoms with E-state index in [2.05, 4.69) is 16.0 Å². The summed E-state index contributed by atoms with van der Waals surface area (Å²) in [4.78, 5) is 52.2. The number of thioether (sulfide) groups is 1. The molecule has 1 unspecified atom stereocenters. The average molecular weight is 657 g/mol. The Labute approximate surface area is 282 Å². The van der Waals surface area contributed by atoms with Crippen molar-refractivity contribution in [1.29, 1.82) is 0 Å². The predicted molar refractivity (Wildman–Crippen MR) is 189 cm³/mol. The van der Waals surface area contributed by atoms with E-state index < -0.39 is 23.0 Å². The average Bonchev–Trinajstić information content (AvgIpc) is 3.12. The van der Waals surface area contributed by atoms with Crippen molar-refractivity contribution >= 4 is 52.8 Å². The Kier molecular flexibility index (Phi) is 11.0. The molecule has 0 heterocycles. The van der Waals surface area contributed by atoms with Crippen LogP contribution in [0, 0.1) is 0 Å². The topological polar surface area (TPSA) is 140 Å². The predicted octanol–water partition coefficient (Wildman–Crippen LogP) is 6.68. The maximum absolute atomic E-state index is 13.5. The molecule has 0 aliphatic carbocycles. The minimum atomic E-state index is -0.604. The van der Waals surface area contributed by atoms with Crippen LogP contribution in [0.2, 0.25) is 0 Å². The van der Waals surface area contributed by atoms with Crippen LogP contribution in [0.15, 0.2) is 144 Å². The molecule has 5 N–H and O–H groups in total. The standard InChI is InChI=1S/C38H32N4O5S/c1-47-31-14-8-9-25(23-31)24-33(42-36(44)28-12-6-3-7-13-28)37(45)40-30-19-21-32(22-20-30)48-34(26-10-4-2-5-11-26)38(46)41-29-17-15-27(16-18-29)35(39)43/h2-24,34H,1H3,(H2,39,43)(H,40,45)(H,41,46)(H,42,44)/b33-24-. The van der Waals surface area contributed by atoms with Crippen molar-refractivity contribution in [2.45, 2.75) is 10.1 Å². The van der Waals surface area contributed by atoms with Gasteiger partial charge in [0.15, 0.2) is 0 Å². The number of nitrogens with one attached hydrogen (secondary N) is 3. The van der Waals surface area contributed by atoms with E-state index in [1.807, 2.05) is 30.3 Å². The third kappa shape index (κ3) is 8.99. The largest absolute Gasteiger partial charge is 0.497 e. The summed E-state index contributed by atoms with van der Waals surface area (Å²) in [5, 5.41) is 7.90. The van der Waals surface area contributed by atoms with Crippen molar-refractivity contribution in [3.63, 3.8) is 0 Å². The molecule has 0 aromatic heterocycles. The zero-order chi connectivity index (χ0) is 33.9. The summed E-state index contributed by atoms with van der Waals surface area (Å²) < 4.78 is 5.31. The second-order valence-corrected chi connectivity index (χ2v) is 11.7. The number of primary amides is 1. The molecule has 9 nitrogen and oxygen atoms in total. The van der Waals surface area contributed by atoms with Gasteiger partial charge in [-0.1, -0.05) is 60.7 Å². The molecule has 0 aliphatic rings. The molecule has 1 atom stereocenters. The van der Waals surface area contributed by atoms with Crippen LogP contribution in [0.1, 0.15) is 37.1 Å². The third-order valence-electron chi connectivity index (χ3n) is 7.08. The summed E-state index contributed by atoms with van der Waals surface area (Å²) >= 11 is 1.34. The molecule has 0 spiro atoms. The maximum atomic E-state index is 13.5. The molecule has 0 radical (unpaired) electrons. The van der Waals surface area contributed by atoms with Crippen molar-refractivity contribution in [2.24, 2.45) is 5.73 Å². The third-order valence-corrected chi connectivity index (χ3v) is 8.34. The normalized spacial score (nSPS) is 11.6. The van der Waals surface area contributed by atoms with E-state index in [0.717, 1.165) is 10.5 Å². The van der Waals surface area contributed by atoms with Gasteiger partial charge in [-0.3, -0.25) is 19.2 Å². The number of amides is 4. The Morgan fingerprint density at radius 1 is 0.708 bits per heavy atom. The van der Waals surface area contributed by atoms with E-state index >= 15 is 0 Å². The van der Waals surface area contributed by atoms with Gasteiger partial charge in [0.05, 0.1) is 7.11 Å². The fraction of sp³-hybridized carbons (Fsp3) is 0.0526. The Morgan fingerprint density at radius 3 is 1.98 bits per heavy atom. The molecule has 0 saturated carbocycles. The fourth-order valence-electron chi connectivity index (χ4n) is 4.62. The van der Waals surface area contributed by atoms with Crippen LogP contribution in [0.3, 0.4) is 0 Å². The van der Waals surface area contributed by atoms with Crippen LogP contribution in [0.5, 0.6) is 5.75 Å². The number of anilines is 2. The van der Waals surface area contributed by atoms with Crippen LogP contribution >= 0.6 is 11.8 Å². The quantitative estimate of drug-likeness (QED) is 0.0873. The second-order valence-electron chi connectivity index (χ2n) is 10.5. The van der Waals surface area contributed by atoms with Gasteiger partial charge in [-0.25, -0.2) is 0 Å². The highest BCUT2D eigenvalue weighted by Gasteiger charge is 2.23. The Morgan fingerprint density at radius 2 is 1.33 bits per heavy atom. The first-order valence-corrected chi connectivity index (χ1v) is 15.7. The van der Waals surface area contributed by atoms with E-state index in [-0.39, 0.29) is 11.6 Å². The molecule has 10 heteroatoms. The van der Waals surface area contributed by atoms with Gasteiger partial charge in [-0.15, -0.1) is 11.8 Å². The number of methoxy groups -OCH3 is 1. The summed E-state index contributed by atoms with van der Waals surface area (Å²) in [5.41, 5.74) is 8.60. The molecule has 0 bridgehead atoms. The number of rotatable bonds is 12. The molecule has 0 saturated heterocycles. The number of hydrogen-bond donors (Lipinski definition) is 4. The maximum Gasteiger partial charge on any atom is 0.272 e. The van der Waals surface area contributed by atoms with Crippen molar-refractivity contribution in [2.75, 3.05) is 17.7 Å². The highest BCUT2D eigenvalue weighted by Crippen LogP contribution is 2.37. The molecule has 5 aromatic carbocycles. The fourth-order valence-corrected chi connectivity index (χ4v) is 5.64. The van der Waals surface area contributed by atoms with Gasteiger partial charge in [0, 0.05) is 27.4 Å². The van der Waals surface area contributed by atoms with Crippen molar-refractivity contribution < 1.29 is 23.9 Å². The molecule has 240 valence electrons. The van der Waals surface area contributed by atoms with Crippen LogP contribution in [-0.2, 0) is 9.59 Å². The number of ether oxygens (including phenoxy) is 1. The molecular formula is C38H32N4O5S. The van der Waals surface area contributed by atoms with E-state index in [1.54, 1.807) is 116 Å². The number of carbonyl (C=O) groups excluding carboxylic acids is 4. The van der Waals surface area contributed by atoms with Gasteiger partial charge in [0.1, 0.15) is 16.7 Å². The highest BCUT2D eigenvalue weighted by molar-refractivity contribution is 8.00. The minimum Gasteiger partial charge on any atom is -0.497 e. The van der Waals surface area contributed by atoms with Gasteiger partial charge in [0.2, 0.25) is 11.8 Å². The van der Waals surface area contributed by atoms with E-state index in [4.69, 9.17) is 10.5 Å². The number of nitrogens with two attached hydrogens (primary N) is 1. The van der Waals surface area contributed by atoms with Gasteiger partial charge in [-0.05, 0) is 90.0 Å². The van der Waals surface area contributed by atoms with Gasteiger partial charge in [-0.2, -0.15) is 0 Å². The summed E-state index contributed by atoms with van der Waals surface area (Å²) in [6.07, 6.45) is 1.58. The summed E-state index contributed by atoms with van der Waals surface area (Å²) in [7, 11) is 1.55. The molecule has 48 heavy (non-hydrogen) atoms. The van der Waals surface area contributed by atoms with Crippen LogP contribution in [0.25, 0.3) is 6.08 Å². The van der Waals surface area contributed by atoms with Crippen molar-refractivity contribution in [3.05, 3.63) is 161 Å². The zero-order valence-electron chi connectivity index (χ0n) is 25.9. The number of carbonyl (C=O) groups is 4. The first kappa shape index (κ1) is 33.2. The summed E-state index contributed by atoms with van der Waals surface area (Å²) in [5.74, 6) is -1.15. The first-order valence-electron chi connectivity index (χ1n) is 14.8. The molecule has 0 fully saturated rings. The van der Waals surface area contributed by atoms with Gasteiger partial charge >= 0.3 is 0 Å². The number of benzene rings is 5. The lowest BCUT2D eigenvalue weighted by Crippen LogP contribution is -2.30. The lowest BCUT2D eigenvalue weighted by Gasteiger charge is -2.18. The lowest BCUT2D eigenvalue weighted by molar-refractivity contribution is -0.116. The van der Waals surface area contributed by atoms with E-state index in [0.29, 0.717) is 33.8 Å². The SMILES string of the molecule is COc1cccc(/C=C(\NC(=O)c2ccccc2)C(=O)Nc2ccc(SC(C(=O)Nc3ccc(C(N)=O)cc3)c3ccccc3)cc2)c1. The Bertz CT molecular complexity index is 1930. The highest BCUT2D eigenvalue weighted by atomic mass is 32.2. The number of hydrogen-bond acceptors (Lipinski definition) is 6. The van der Waals surface area contributed by atoms with Crippen molar-refractivity contribution in [1.82, 2.24) is 5.32 Å². The Balaban J connectivity index is 1.32. The molecule has 4 amide bonds. The molecule has 5 aromatic rings. The second kappa shape index (κ2) is 15.9. The molecule has 0 aliphatic heterocycles. The zero-order valence-corrected chi connectivity index (χ0v) is 26.7. The van der Waals surface area contributed by atoms with E-state index in [1.165, 1.54) is 11.8 Å². The summed E-state index contributed by atoms with van der Waals surface area (Å²) in [6.45, 7) is 0. The summed E-state index contributed by atoms with van der Waals surface area (Å²) in [6, 6.07) is 38.5. The lowest BCUT2D eigenvalue weighted by atomic mass is 10.1. The molecule has 5 rings (SSSR count). The van der Waals surface area contributed by atoms with Crippen LogP contribution < -0.4 is 26.4 Å². The first-order chi connectivity index (χ1) is 23.3. The van der Waals surface area contributed by atoms with Crippen LogP contribution in [0.4, 0.5) is 11.4 Å². The minimum absolute atomic E-state index is 0.0419. The van der Waals surface area contributed by atoms with Gasteiger partial charge < -0.3 is 26.4 Å². The Hall–Kier alpha value is -6.13. The smallest absolute Gasteiger partial charge is 0.272 e. The molecular weight excluding hydrogens is 625 g/mol. The van der Waals surface area contributed by atoms with Crippen molar-refractivity contribution in [3.8, 4) is 5.75 Å². The van der Waals surface area contributed by atoms with Crippen LogP contribution in [-0.4, -0.2) is 30.7 Å².